The molecule has 0 spiro atoms. The highest BCUT2D eigenvalue weighted by Crippen LogP contribution is 2.18. The maximum absolute atomic E-state index is 12.0. The Balaban J connectivity index is 2.54. The average Bonchev–Trinajstić information content (AvgIpc) is 2.41. The van der Waals surface area contributed by atoms with Crippen LogP contribution >= 0.6 is 0 Å². The van der Waals surface area contributed by atoms with E-state index in [2.05, 4.69) is 5.32 Å². The summed E-state index contributed by atoms with van der Waals surface area (Å²) in [6, 6.07) is 4.87. The molecule has 0 unspecified atom stereocenters. The predicted octanol–water partition coefficient (Wildman–Crippen LogP) is 2.69. The number of hydrogen-bond donors (Lipinski definition) is 2. The Kier molecular flexibility index (Phi) is 6.42. The maximum atomic E-state index is 12.0. The Bertz CT molecular complexity index is 564. The first-order chi connectivity index (χ1) is 10.6. The topological polar surface area (TPSA) is 78.9 Å². The third-order valence-corrected chi connectivity index (χ3v) is 3.10. The molecule has 0 aromatic heterocycles. The summed E-state index contributed by atoms with van der Waals surface area (Å²) in [6.45, 7) is 10.2. The zero-order chi connectivity index (χ0) is 17.6. The van der Waals surface area contributed by atoms with Gasteiger partial charge in [0.25, 0.3) is 5.91 Å². The number of phenolic OH excluding ortho intramolecular Hbond substituents is 1. The van der Waals surface area contributed by atoms with Gasteiger partial charge in [-0.1, -0.05) is 6.07 Å². The summed E-state index contributed by atoms with van der Waals surface area (Å²) < 4.78 is 5.30. The van der Waals surface area contributed by atoms with Gasteiger partial charge in [-0.15, -0.1) is 0 Å². The van der Waals surface area contributed by atoms with Gasteiger partial charge < -0.3 is 20.1 Å². The number of rotatable bonds is 5. The second-order valence-electron chi connectivity index (χ2n) is 6.34. The number of amides is 2. The molecule has 2 amide bonds. The highest BCUT2D eigenvalue weighted by atomic mass is 16.6. The van der Waals surface area contributed by atoms with Crippen LogP contribution in [0.2, 0.25) is 0 Å². The number of nitrogens with one attached hydrogen (secondary N) is 1. The molecule has 0 saturated carbocycles. The van der Waals surface area contributed by atoms with Crippen LogP contribution in [-0.4, -0.2) is 47.2 Å². The molecule has 0 fully saturated rings. The fourth-order valence-corrected chi connectivity index (χ4v) is 1.94. The molecule has 0 aliphatic carbocycles. The van der Waals surface area contributed by atoms with E-state index >= 15 is 0 Å². The molecule has 0 aliphatic rings. The lowest BCUT2D eigenvalue weighted by Gasteiger charge is -2.26. The van der Waals surface area contributed by atoms with Crippen LogP contribution in [0.1, 0.15) is 43.6 Å². The molecule has 23 heavy (non-hydrogen) atoms. The zero-order valence-corrected chi connectivity index (χ0v) is 14.5. The first kappa shape index (κ1) is 18.8. The molecule has 128 valence electrons. The van der Waals surface area contributed by atoms with E-state index in [1.807, 2.05) is 13.8 Å². The Hall–Kier alpha value is -2.24. The van der Waals surface area contributed by atoms with Gasteiger partial charge in [-0.2, -0.15) is 0 Å². The van der Waals surface area contributed by atoms with Crippen LogP contribution in [0.3, 0.4) is 0 Å². The standard InChI is InChI=1S/C17H26N2O4/c1-6-19(16(22)23-17(3,4)5)10-9-18-15(21)13-8-7-12(2)11-14(13)20/h7-8,11,20H,6,9-10H2,1-5H3,(H,18,21). The van der Waals surface area contributed by atoms with E-state index in [1.54, 1.807) is 32.9 Å². The molecule has 0 heterocycles. The van der Waals surface area contributed by atoms with Crippen molar-refractivity contribution in [1.82, 2.24) is 10.2 Å². The molecular formula is C17H26N2O4. The van der Waals surface area contributed by atoms with Crippen LogP contribution in [0, 0.1) is 6.92 Å². The van der Waals surface area contributed by atoms with Gasteiger partial charge >= 0.3 is 6.09 Å². The van der Waals surface area contributed by atoms with E-state index in [-0.39, 0.29) is 23.8 Å². The minimum absolute atomic E-state index is 0.0537. The number of benzene rings is 1. The van der Waals surface area contributed by atoms with Crippen molar-refractivity contribution >= 4 is 12.0 Å². The molecule has 0 radical (unpaired) electrons. The molecule has 1 rings (SSSR count). The summed E-state index contributed by atoms with van der Waals surface area (Å²) in [7, 11) is 0. The van der Waals surface area contributed by atoms with E-state index in [1.165, 1.54) is 11.0 Å². The van der Waals surface area contributed by atoms with Gasteiger partial charge in [-0.25, -0.2) is 4.79 Å². The van der Waals surface area contributed by atoms with Gasteiger partial charge in [0.1, 0.15) is 11.4 Å². The largest absolute Gasteiger partial charge is 0.507 e. The quantitative estimate of drug-likeness (QED) is 0.873. The second kappa shape index (κ2) is 7.85. The van der Waals surface area contributed by atoms with Gasteiger partial charge in [-0.3, -0.25) is 4.79 Å². The number of aromatic hydroxyl groups is 1. The molecule has 1 aromatic carbocycles. The van der Waals surface area contributed by atoms with Crippen molar-refractivity contribution in [1.29, 1.82) is 0 Å². The van der Waals surface area contributed by atoms with Crippen molar-refractivity contribution in [3.05, 3.63) is 29.3 Å². The summed E-state index contributed by atoms with van der Waals surface area (Å²) >= 11 is 0. The number of phenols is 1. The average molecular weight is 322 g/mol. The van der Waals surface area contributed by atoms with Crippen molar-refractivity contribution in [2.75, 3.05) is 19.6 Å². The first-order valence-corrected chi connectivity index (χ1v) is 7.69. The molecule has 0 bridgehead atoms. The lowest BCUT2D eigenvalue weighted by Crippen LogP contribution is -2.41. The lowest BCUT2D eigenvalue weighted by atomic mass is 10.1. The summed E-state index contributed by atoms with van der Waals surface area (Å²) in [6.07, 6.45) is -0.410. The van der Waals surface area contributed by atoms with E-state index in [4.69, 9.17) is 4.74 Å². The Labute approximate surface area is 137 Å². The Morgan fingerprint density at radius 2 is 1.96 bits per heavy atom. The number of ether oxygens (including phenoxy) is 1. The van der Waals surface area contributed by atoms with Crippen LogP contribution in [-0.2, 0) is 4.74 Å². The predicted molar refractivity (Wildman–Crippen MR) is 88.7 cm³/mol. The Morgan fingerprint density at radius 3 is 2.48 bits per heavy atom. The normalized spacial score (nSPS) is 11.0. The van der Waals surface area contributed by atoms with Crippen LogP contribution in [0.15, 0.2) is 18.2 Å². The van der Waals surface area contributed by atoms with Crippen molar-refractivity contribution in [2.24, 2.45) is 0 Å². The monoisotopic (exact) mass is 322 g/mol. The SMILES string of the molecule is CCN(CCNC(=O)c1ccc(C)cc1O)C(=O)OC(C)(C)C. The van der Waals surface area contributed by atoms with E-state index in [0.29, 0.717) is 13.1 Å². The fraction of sp³-hybridized carbons (Fsp3) is 0.529. The lowest BCUT2D eigenvalue weighted by molar-refractivity contribution is 0.0260. The molecule has 6 nitrogen and oxygen atoms in total. The molecule has 0 atom stereocenters. The number of hydrogen-bond acceptors (Lipinski definition) is 4. The molecule has 6 heteroatoms. The number of nitrogens with zero attached hydrogens (tertiary/aromatic N) is 1. The van der Waals surface area contributed by atoms with Gasteiger partial charge in [0, 0.05) is 19.6 Å². The van der Waals surface area contributed by atoms with Gasteiger partial charge in [-0.05, 0) is 52.3 Å². The minimum atomic E-state index is -0.554. The summed E-state index contributed by atoms with van der Waals surface area (Å²) in [5.41, 5.74) is 0.540. The molecular weight excluding hydrogens is 296 g/mol. The number of carbonyl (C=O) groups is 2. The molecule has 1 aromatic rings. The Morgan fingerprint density at radius 1 is 1.30 bits per heavy atom. The third-order valence-electron chi connectivity index (χ3n) is 3.10. The number of carbonyl (C=O) groups excluding carboxylic acids is 2. The molecule has 2 N–H and O–H groups in total. The maximum Gasteiger partial charge on any atom is 0.410 e. The zero-order valence-electron chi connectivity index (χ0n) is 14.5. The third kappa shape index (κ3) is 6.18. The number of aryl methyl sites for hydroxylation is 1. The summed E-state index contributed by atoms with van der Waals surface area (Å²) in [5, 5.41) is 12.5. The van der Waals surface area contributed by atoms with Crippen LogP contribution < -0.4 is 5.32 Å². The second-order valence-corrected chi connectivity index (χ2v) is 6.34. The number of likely N-dealkylation sites (N-methyl/N-ethyl adjacent to an activating group) is 1. The van der Waals surface area contributed by atoms with Gasteiger partial charge in [0.05, 0.1) is 5.56 Å². The minimum Gasteiger partial charge on any atom is -0.507 e. The smallest absolute Gasteiger partial charge is 0.410 e. The molecule has 0 aliphatic heterocycles. The van der Waals surface area contributed by atoms with Crippen molar-refractivity contribution < 1.29 is 19.4 Å². The van der Waals surface area contributed by atoms with Crippen molar-refractivity contribution in [3.8, 4) is 5.75 Å². The van der Waals surface area contributed by atoms with Gasteiger partial charge in [0.2, 0.25) is 0 Å². The first-order valence-electron chi connectivity index (χ1n) is 7.69. The van der Waals surface area contributed by atoms with Crippen molar-refractivity contribution in [3.63, 3.8) is 0 Å². The van der Waals surface area contributed by atoms with E-state index < -0.39 is 11.7 Å². The highest BCUT2D eigenvalue weighted by Gasteiger charge is 2.21. The van der Waals surface area contributed by atoms with Crippen LogP contribution in [0.4, 0.5) is 4.79 Å². The highest BCUT2D eigenvalue weighted by molar-refractivity contribution is 5.96. The van der Waals surface area contributed by atoms with E-state index in [9.17, 15) is 14.7 Å². The molecule has 0 saturated heterocycles. The van der Waals surface area contributed by atoms with Crippen molar-refractivity contribution in [2.45, 2.75) is 40.2 Å². The summed E-state index contributed by atoms with van der Waals surface area (Å²) in [4.78, 5) is 25.5. The van der Waals surface area contributed by atoms with Crippen LogP contribution in [0.25, 0.3) is 0 Å². The van der Waals surface area contributed by atoms with Gasteiger partial charge in [0.15, 0.2) is 0 Å². The fourth-order valence-electron chi connectivity index (χ4n) is 1.94. The summed E-state index contributed by atoms with van der Waals surface area (Å²) in [5.74, 6) is -0.426. The van der Waals surface area contributed by atoms with E-state index in [0.717, 1.165) is 5.56 Å². The van der Waals surface area contributed by atoms with Crippen LogP contribution in [0.5, 0.6) is 5.75 Å².